The molecule has 0 spiro atoms. The van der Waals surface area contributed by atoms with E-state index in [2.05, 4.69) is 10.0 Å². The number of rotatable bonds is 18. The molecule has 0 aliphatic rings. The molecule has 0 saturated carbocycles. The summed E-state index contributed by atoms with van der Waals surface area (Å²) in [7, 11) is -2.01. The van der Waals surface area contributed by atoms with Gasteiger partial charge in [0.05, 0.1) is 12.9 Å². The lowest BCUT2D eigenvalue weighted by Gasteiger charge is -2.27. The topological polar surface area (TPSA) is 120 Å². The summed E-state index contributed by atoms with van der Waals surface area (Å²) in [4.78, 5) is 13.3. The number of benzene rings is 2. The summed E-state index contributed by atoms with van der Waals surface area (Å²) in [5.74, 6) is 0.964. The molecule has 3 atom stereocenters. The summed E-state index contributed by atoms with van der Waals surface area (Å²) in [5.41, 5.74) is 8.60. The molecule has 2 aromatic carbocycles. The molecular weight excluding hydrogens is 522 g/mol. The predicted molar refractivity (Wildman–Crippen MR) is 156 cm³/mol. The van der Waals surface area contributed by atoms with E-state index >= 15 is 0 Å². The van der Waals surface area contributed by atoms with Crippen LogP contribution in [0.25, 0.3) is 0 Å². The van der Waals surface area contributed by atoms with E-state index in [1.54, 1.807) is 18.9 Å². The Morgan fingerprint density at radius 1 is 1.05 bits per heavy atom. The first-order chi connectivity index (χ1) is 18.1. The van der Waals surface area contributed by atoms with Crippen LogP contribution in [0.2, 0.25) is 0 Å². The van der Waals surface area contributed by atoms with Crippen molar-refractivity contribution in [3.05, 3.63) is 65.7 Å². The first-order valence-electron chi connectivity index (χ1n) is 13.0. The minimum Gasteiger partial charge on any atom is -0.497 e. The van der Waals surface area contributed by atoms with Gasteiger partial charge in [-0.2, -0.15) is 11.8 Å². The molecule has 10 heteroatoms. The summed E-state index contributed by atoms with van der Waals surface area (Å²) < 4.78 is 39.1. The highest BCUT2D eigenvalue weighted by atomic mass is 32.2. The van der Waals surface area contributed by atoms with Crippen molar-refractivity contribution in [1.82, 2.24) is 10.0 Å². The van der Waals surface area contributed by atoms with Crippen molar-refractivity contribution in [2.75, 3.05) is 31.4 Å². The normalized spacial score (nSPS) is 14.2. The molecule has 0 saturated heterocycles. The molecule has 2 rings (SSSR count). The molecule has 0 aliphatic carbocycles. The predicted octanol–water partition coefficient (Wildman–Crippen LogP) is 3.35. The van der Waals surface area contributed by atoms with Gasteiger partial charge in [0.2, 0.25) is 10.0 Å². The summed E-state index contributed by atoms with van der Waals surface area (Å²) in [6.45, 7) is 4.77. The van der Waals surface area contributed by atoms with Gasteiger partial charge in [0.15, 0.2) is 0 Å². The zero-order valence-electron chi connectivity index (χ0n) is 22.9. The number of ether oxygens (including phenoxy) is 2. The van der Waals surface area contributed by atoms with E-state index in [-0.39, 0.29) is 11.7 Å². The third-order valence-corrected chi connectivity index (χ3v) is 8.11. The Kier molecular flexibility index (Phi) is 14.2. The fourth-order valence-corrected chi connectivity index (χ4v) is 5.82. The van der Waals surface area contributed by atoms with Crippen molar-refractivity contribution < 1.29 is 22.7 Å². The van der Waals surface area contributed by atoms with Gasteiger partial charge in [0.25, 0.3) is 0 Å². The Morgan fingerprint density at radius 3 is 2.42 bits per heavy atom. The van der Waals surface area contributed by atoms with Crippen LogP contribution < -0.4 is 20.5 Å². The summed E-state index contributed by atoms with van der Waals surface area (Å²) >= 11 is 1.54. The fourth-order valence-electron chi connectivity index (χ4n) is 3.80. The van der Waals surface area contributed by atoms with Crippen LogP contribution in [0.15, 0.2) is 54.6 Å². The zero-order valence-corrected chi connectivity index (χ0v) is 24.5. The molecule has 8 nitrogen and oxygen atoms in total. The molecule has 0 bridgehead atoms. The van der Waals surface area contributed by atoms with Crippen molar-refractivity contribution in [1.29, 1.82) is 0 Å². The van der Waals surface area contributed by atoms with Crippen LogP contribution in [0.4, 0.5) is 0 Å². The molecule has 212 valence electrons. The highest BCUT2D eigenvalue weighted by molar-refractivity contribution is 7.98. The number of nitrogens with one attached hydrogen (secondary N) is 2. The second-order valence-electron chi connectivity index (χ2n) is 9.76. The molecule has 0 fully saturated rings. The molecule has 0 unspecified atom stereocenters. The van der Waals surface area contributed by atoms with E-state index in [9.17, 15) is 13.2 Å². The fraction of sp³-hybridized carbons (Fsp3) is 0.536. The third-order valence-electron chi connectivity index (χ3n) is 6.05. The number of nitrogens with two attached hydrogens (primary N) is 1. The van der Waals surface area contributed by atoms with Crippen molar-refractivity contribution in [2.45, 2.75) is 57.8 Å². The van der Waals surface area contributed by atoms with E-state index < -0.39 is 34.2 Å². The summed E-state index contributed by atoms with van der Waals surface area (Å²) in [6.07, 6.45) is 2.61. The minimum atomic E-state index is -3.63. The van der Waals surface area contributed by atoms with E-state index in [1.807, 2.05) is 74.7 Å². The molecule has 0 aliphatic heterocycles. The quantitative estimate of drug-likeness (QED) is 0.236. The minimum absolute atomic E-state index is 0.0350. The van der Waals surface area contributed by atoms with Gasteiger partial charge >= 0.3 is 5.97 Å². The molecule has 38 heavy (non-hydrogen) atoms. The first-order valence-corrected chi connectivity index (χ1v) is 16.0. The average Bonchev–Trinajstić information content (AvgIpc) is 2.90. The number of carbonyl (C=O) groups excluding carboxylic acids is 1. The van der Waals surface area contributed by atoms with Crippen LogP contribution in [0.3, 0.4) is 0 Å². The van der Waals surface area contributed by atoms with Gasteiger partial charge in [0, 0.05) is 19.1 Å². The average molecular weight is 566 g/mol. The van der Waals surface area contributed by atoms with Gasteiger partial charge in [-0.3, -0.25) is 4.79 Å². The first kappa shape index (κ1) is 32.1. The number of hydrogen-bond donors (Lipinski definition) is 3. The molecule has 0 heterocycles. The molecular formula is C28H43N3O5S2. The van der Waals surface area contributed by atoms with E-state index in [4.69, 9.17) is 15.2 Å². The second kappa shape index (κ2) is 16.8. The number of esters is 1. The molecule has 2 aromatic rings. The molecule has 0 aromatic heterocycles. The number of thioether (sulfide) groups is 1. The van der Waals surface area contributed by atoms with E-state index in [0.717, 1.165) is 16.9 Å². The van der Waals surface area contributed by atoms with Crippen molar-refractivity contribution in [3.8, 4) is 5.75 Å². The Labute approximate surface area is 232 Å². The van der Waals surface area contributed by atoms with Crippen LogP contribution in [0, 0.1) is 5.92 Å². The van der Waals surface area contributed by atoms with Gasteiger partial charge in [0.1, 0.15) is 17.9 Å². The maximum Gasteiger partial charge on any atom is 0.324 e. The van der Waals surface area contributed by atoms with Crippen molar-refractivity contribution in [2.24, 2.45) is 11.7 Å². The van der Waals surface area contributed by atoms with Gasteiger partial charge < -0.3 is 20.5 Å². The number of hydrogen-bond acceptors (Lipinski definition) is 8. The maximum absolute atomic E-state index is 13.3. The van der Waals surface area contributed by atoms with Crippen LogP contribution in [-0.4, -0.2) is 64.0 Å². The Balaban J connectivity index is 2.13. The van der Waals surface area contributed by atoms with Crippen LogP contribution >= 0.6 is 11.8 Å². The van der Waals surface area contributed by atoms with Gasteiger partial charge in [-0.15, -0.1) is 0 Å². The lowest BCUT2D eigenvalue weighted by atomic mass is 10.0. The molecule has 0 radical (unpaired) electrons. The smallest absolute Gasteiger partial charge is 0.324 e. The van der Waals surface area contributed by atoms with E-state index in [0.29, 0.717) is 38.1 Å². The number of carbonyl (C=O) groups is 1. The lowest BCUT2D eigenvalue weighted by Crippen LogP contribution is -2.50. The number of methoxy groups -OCH3 is 1. The van der Waals surface area contributed by atoms with Crippen LogP contribution in [0.5, 0.6) is 5.75 Å². The van der Waals surface area contributed by atoms with Crippen LogP contribution in [-0.2, 0) is 32.5 Å². The second-order valence-corrected chi connectivity index (χ2v) is 12.6. The molecule has 4 N–H and O–H groups in total. The Bertz CT molecular complexity index is 1070. The van der Waals surface area contributed by atoms with Gasteiger partial charge in [-0.1, -0.05) is 56.3 Å². The standard InChI is InChI=1S/C28H43N3O5S2/c1-21(2)14-16-38(33,34)31-26(13-15-37-4)28(32)36-27(25(29)18-22-9-6-5-7-10-22)20-30-19-23-11-8-12-24(17-23)35-3/h5-12,17,21,25-27,30-31H,13-16,18-20,29H2,1-4H3/t25-,26-,27+/m0/s1. The monoisotopic (exact) mass is 565 g/mol. The molecule has 0 amide bonds. The van der Waals surface area contributed by atoms with Crippen LogP contribution in [0.1, 0.15) is 37.8 Å². The third kappa shape index (κ3) is 12.2. The van der Waals surface area contributed by atoms with Crippen molar-refractivity contribution >= 4 is 27.8 Å². The maximum atomic E-state index is 13.3. The summed E-state index contributed by atoms with van der Waals surface area (Å²) in [5, 5.41) is 3.33. The zero-order chi connectivity index (χ0) is 28.0. The van der Waals surface area contributed by atoms with Gasteiger partial charge in [-0.05, 0) is 60.4 Å². The highest BCUT2D eigenvalue weighted by Gasteiger charge is 2.30. The highest BCUT2D eigenvalue weighted by Crippen LogP contribution is 2.14. The Hall–Kier alpha value is -2.11. The van der Waals surface area contributed by atoms with Gasteiger partial charge in [-0.25, -0.2) is 13.1 Å². The number of sulfonamides is 1. The SMILES string of the molecule is COc1cccc(CNC[C@@H](OC(=O)[C@H](CCSC)NS(=O)(=O)CCC(C)C)[C@@H](N)Cc2ccccc2)c1. The van der Waals surface area contributed by atoms with Crippen molar-refractivity contribution in [3.63, 3.8) is 0 Å². The lowest BCUT2D eigenvalue weighted by molar-refractivity contribution is -0.152. The Morgan fingerprint density at radius 2 is 1.76 bits per heavy atom. The largest absolute Gasteiger partial charge is 0.497 e. The van der Waals surface area contributed by atoms with E-state index in [1.165, 1.54) is 0 Å². The summed E-state index contributed by atoms with van der Waals surface area (Å²) in [6, 6.07) is 16.0.